The molecule has 0 bridgehead atoms. The van der Waals surface area contributed by atoms with Crippen molar-refractivity contribution in [1.29, 1.82) is 0 Å². The lowest BCUT2D eigenvalue weighted by molar-refractivity contribution is 0.810. The van der Waals surface area contributed by atoms with Crippen molar-refractivity contribution in [2.45, 2.75) is 13.5 Å². The van der Waals surface area contributed by atoms with Gasteiger partial charge < -0.3 is 4.90 Å². The number of hydrogen-bond acceptors (Lipinski definition) is 5. The molecule has 3 heterocycles. The fourth-order valence-electron chi connectivity index (χ4n) is 2.66. The molecule has 5 nitrogen and oxygen atoms in total. The molecule has 0 fully saturated rings. The van der Waals surface area contributed by atoms with Crippen molar-refractivity contribution in [3.63, 3.8) is 0 Å². The summed E-state index contributed by atoms with van der Waals surface area (Å²) in [5.74, 6) is 1.54. The number of para-hydroxylation sites is 1. The maximum Gasteiger partial charge on any atom is 0.229 e. The van der Waals surface area contributed by atoms with Gasteiger partial charge >= 0.3 is 0 Å². The maximum absolute atomic E-state index is 4.80. The number of rotatable bonds is 3. The summed E-state index contributed by atoms with van der Waals surface area (Å²) in [5.41, 5.74) is 3.02. The van der Waals surface area contributed by atoms with E-state index < -0.39 is 0 Å². The molecule has 3 aromatic heterocycles. The highest BCUT2D eigenvalue weighted by Crippen LogP contribution is 2.25. The quantitative estimate of drug-likeness (QED) is 0.531. The van der Waals surface area contributed by atoms with Crippen molar-refractivity contribution in [2.24, 2.45) is 0 Å². The summed E-state index contributed by atoms with van der Waals surface area (Å²) < 4.78 is 2.97. The molecule has 116 valence electrons. The van der Waals surface area contributed by atoms with E-state index in [1.807, 2.05) is 42.8 Å². The Morgan fingerprint density at radius 2 is 2.09 bits per heavy atom. The van der Waals surface area contributed by atoms with Crippen molar-refractivity contribution in [2.75, 3.05) is 11.9 Å². The Bertz CT molecular complexity index is 1010. The highest BCUT2D eigenvalue weighted by molar-refractivity contribution is 9.11. The maximum atomic E-state index is 4.80. The molecule has 1 aromatic carbocycles. The molecule has 0 radical (unpaired) electrons. The fraction of sp³-hybridized carbons (Fsp3) is 0.188. The molecule has 0 unspecified atom stereocenters. The zero-order valence-electron chi connectivity index (χ0n) is 12.7. The molecule has 0 aliphatic carbocycles. The average molecular weight is 388 g/mol. The SMILES string of the molecule is Cc1nc2c3ccccc3nc(N(C)Cc3csc(Br)c3)n2n1. The van der Waals surface area contributed by atoms with E-state index >= 15 is 0 Å². The third-order valence-electron chi connectivity index (χ3n) is 3.65. The van der Waals surface area contributed by atoms with Gasteiger partial charge in [0.15, 0.2) is 5.65 Å². The van der Waals surface area contributed by atoms with Gasteiger partial charge in [0.25, 0.3) is 0 Å². The Hall–Kier alpha value is -1.99. The first-order chi connectivity index (χ1) is 11.1. The largest absolute Gasteiger partial charge is 0.339 e. The highest BCUT2D eigenvalue weighted by Gasteiger charge is 2.15. The van der Waals surface area contributed by atoms with Crippen molar-refractivity contribution in [3.8, 4) is 0 Å². The van der Waals surface area contributed by atoms with Crippen LogP contribution in [0.4, 0.5) is 5.95 Å². The first kappa shape index (κ1) is 14.6. The molecule has 0 spiro atoms. The van der Waals surface area contributed by atoms with Crippen molar-refractivity contribution in [3.05, 3.63) is 50.9 Å². The van der Waals surface area contributed by atoms with Crippen molar-refractivity contribution >= 4 is 49.8 Å². The lowest BCUT2D eigenvalue weighted by atomic mass is 10.2. The Kier molecular flexibility index (Phi) is 3.54. The van der Waals surface area contributed by atoms with Crippen LogP contribution in [0.5, 0.6) is 0 Å². The molecule has 0 amide bonds. The summed E-state index contributed by atoms with van der Waals surface area (Å²) in [5, 5.41) is 7.69. The zero-order chi connectivity index (χ0) is 16.0. The molecular weight excluding hydrogens is 374 g/mol. The van der Waals surface area contributed by atoms with Gasteiger partial charge in [-0.15, -0.1) is 16.4 Å². The Morgan fingerprint density at radius 3 is 2.87 bits per heavy atom. The minimum atomic E-state index is 0.746. The minimum Gasteiger partial charge on any atom is -0.339 e. The molecule has 0 aliphatic rings. The summed E-state index contributed by atoms with van der Waals surface area (Å²) in [6, 6.07) is 10.2. The van der Waals surface area contributed by atoms with Gasteiger partial charge in [-0.25, -0.2) is 9.97 Å². The standard InChI is InChI=1S/C16H14BrN5S/c1-10-18-15-12-5-3-4-6-13(12)19-16(22(15)20-10)21(2)8-11-7-14(17)23-9-11/h3-7,9H,8H2,1-2H3. The normalized spacial score (nSPS) is 11.4. The van der Waals surface area contributed by atoms with E-state index in [4.69, 9.17) is 4.98 Å². The van der Waals surface area contributed by atoms with Gasteiger partial charge in [0, 0.05) is 19.0 Å². The van der Waals surface area contributed by atoms with E-state index in [2.05, 4.69) is 42.4 Å². The van der Waals surface area contributed by atoms with Crippen LogP contribution in [0, 0.1) is 6.92 Å². The first-order valence-electron chi connectivity index (χ1n) is 7.18. The molecule has 7 heteroatoms. The Balaban J connectivity index is 1.86. The van der Waals surface area contributed by atoms with E-state index in [1.54, 1.807) is 11.3 Å². The average Bonchev–Trinajstić information content (AvgIpc) is 3.11. The van der Waals surface area contributed by atoms with Gasteiger partial charge in [-0.3, -0.25) is 0 Å². The second kappa shape index (κ2) is 5.58. The minimum absolute atomic E-state index is 0.746. The first-order valence-corrected chi connectivity index (χ1v) is 8.85. The molecule has 4 rings (SSSR count). The van der Waals surface area contributed by atoms with Crippen molar-refractivity contribution in [1.82, 2.24) is 19.6 Å². The number of hydrogen-bond donors (Lipinski definition) is 0. The summed E-state index contributed by atoms with van der Waals surface area (Å²) in [4.78, 5) is 11.5. The molecule has 0 atom stereocenters. The van der Waals surface area contributed by atoms with Gasteiger partial charge in [0.1, 0.15) is 5.82 Å². The zero-order valence-corrected chi connectivity index (χ0v) is 15.1. The molecule has 0 aliphatic heterocycles. The summed E-state index contributed by atoms with van der Waals surface area (Å²) in [6.45, 7) is 2.67. The van der Waals surface area contributed by atoms with Gasteiger partial charge in [0.2, 0.25) is 5.95 Å². The van der Waals surface area contributed by atoms with Crippen LogP contribution in [-0.2, 0) is 6.54 Å². The van der Waals surface area contributed by atoms with Crippen LogP contribution in [0.3, 0.4) is 0 Å². The molecular formula is C16H14BrN5S. The molecule has 0 saturated carbocycles. The van der Waals surface area contributed by atoms with Crippen LogP contribution in [0.1, 0.15) is 11.4 Å². The lowest BCUT2D eigenvalue weighted by Crippen LogP contribution is -2.21. The Morgan fingerprint density at radius 1 is 1.26 bits per heavy atom. The summed E-state index contributed by atoms with van der Waals surface area (Å²) >= 11 is 5.20. The molecule has 0 saturated heterocycles. The number of nitrogens with zero attached hydrogens (tertiary/aromatic N) is 5. The van der Waals surface area contributed by atoms with E-state index in [-0.39, 0.29) is 0 Å². The summed E-state index contributed by atoms with van der Waals surface area (Å²) in [7, 11) is 2.03. The Labute approximate surface area is 145 Å². The lowest BCUT2D eigenvalue weighted by Gasteiger charge is -2.18. The number of anilines is 1. The smallest absolute Gasteiger partial charge is 0.229 e. The van der Waals surface area contributed by atoms with Gasteiger partial charge in [0.05, 0.1) is 9.30 Å². The van der Waals surface area contributed by atoms with E-state index in [0.717, 1.165) is 38.7 Å². The van der Waals surface area contributed by atoms with Gasteiger partial charge in [-0.2, -0.15) is 4.52 Å². The van der Waals surface area contributed by atoms with Crippen LogP contribution in [0.2, 0.25) is 0 Å². The number of fused-ring (bicyclic) bond motifs is 3. The third kappa shape index (κ3) is 2.60. The van der Waals surface area contributed by atoms with E-state index in [0.29, 0.717) is 0 Å². The number of halogens is 1. The molecule has 4 aromatic rings. The molecule has 0 N–H and O–H groups in total. The van der Waals surface area contributed by atoms with Gasteiger partial charge in [-0.1, -0.05) is 12.1 Å². The van der Waals surface area contributed by atoms with Crippen LogP contribution in [0.15, 0.2) is 39.5 Å². The number of thiophene rings is 1. The van der Waals surface area contributed by atoms with Crippen LogP contribution in [0.25, 0.3) is 16.6 Å². The number of benzene rings is 1. The number of aromatic nitrogens is 4. The predicted octanol–water partition coefficient (Wildman–Crippen LogP) is 4.05. The second-order valence-corrected chi connectivity index (χ2v) is 7.73. The number of aryl methyl sites for hydroxylation is 1. The fourth-order valence-corrected chi connectivity index (χ4v) is 3.86. The highest BCUT2D eigenvalue weighted by atomic mass is 79.9. The van der Waals surface area contributed by atoms with Crippen LogP contribution in [-0.4, -0.2) is 26.6 Å². The van der Waals surface area contributed by atoms with Gasteiger partial charge in [-0.05, 0) is 52.0 Å². The third-order valence-corrected chi connectivity index (χ3v) is 5.20. The monoisotopic (exact) mass is 387 g/mol. The van der Waals surface area contributed by atoms with Crippen molar-refractivity contribution < 1.29 is 0 Å². The van der Waals surface area contributed by atoms with E-state index in [1.165, 1.54) is 5.56 Å². The van der Waals surface area contributed by atoms with Crippen LogP contribution >= 0.6 is 27.3 Å². The van der Waals surface area contributed by atoms with Crippen LogP contribution < -0.4 is 4.90 Å². The second-order valence-electron chi connectivity index (χ2n) is 5.44. The molecule has 23 heavy (non-hydrogen) atoms. The van der Waals surface area contributed by atoms with E-state index in [9.17, 15) is 0 Å². The predicted molar refractivity (Wildman–Crippen MR) is 97.2 cm³/mol. The topological polar surface area (TPSA) is 46.3 Å². The summed E-state index contributed by atoms with van der Waals surface area (Å²) in [6.07, 6.45) is 0.